The first-order valence-electron chi connectivity index (χ1n) is 5.74. The molecule has 0 radical (unpaired) electrons. The highest BCUT2D eigenvalue weighted by Crippen LogP contribution is 2.10. The number of rotatable bonds is 4. The third-order valence-electron chi connectivity index (χ3n) is 2.67. The maximum atomic E-state index is 11.5. The number of nitrogens with zero attached hydrogens (tertiary/aromatic N) is 1. The van der Waals surface area contributed by atoms with E-state index in [0.29, 0.717) is 19.0 Å². The van der Waals surface area contributed by atoms with Crippen LogP contribution >= 0.6 is 11.3 Å². The zero-order chi connectivity index (χ0) is 12.1. The van der Waals surface area contributed by atoms with E-state index in [1.807, 2.05) is 12.3 Å². The Kier molecular flexibility index (Phi) is 4.33. The predicted octanol–water partition coefficient (Wildman–Crippen LogP) is 1.29. The molecule has 1 aromatic heterocycles. The lowest BCUT2D eigenvalue weighted by atomic mass is 10.1. The number of ether oxygens (including phenoxy) is 1. The molecule has 0 aliphatic carbocycles. The van der Waals surface area contributed by atoms with Crippen LogP contribution in [0.3, 0.4) is 0 Å². The lowest BCUT2D eigenvalue weighted by Crippen LogP contribution is -2.38. The largest absolute Gasteiger partial charge is 0.381 e. The van der Waals surface area contributed by atoms with Gasteiger partial charge in [0.15, 0.2) is 0 Å². The molecule has 1 aromatic rings. The Morgan fingerprint density at radius 3 is 3.18 bits per heavy atom. The molecule has 2 rings (SSSR count). The minimum atomic E-state index is -0.137. The quantitative estimate of drug-likeness (QED) is 0.852. The van der Waals surface area contributed by atoms with E-state index in [1.54, 1.807) is 11.3 Å². The fourth-order valence-electron chi connectivity index (χ4n) is 1.70. The third kappa shape index (κ3) is 3.98. The fraction of sp³-hybridized carbons (Fsp3) is 0.636. The molecule has 0 saturated carbocycles. The molecule has 5 nitrogen and oxygen atoms in total. The summed E-state index contributed by atoms with van der Waals surface area (Å²) in [6, 6.07) is -0.137. The summed E-state index contributed by atoms with van der Waals surface area (Å²) < 4.78 is 5.24. The number of nitrogens with one attached hydrogen (secondary N) is 2. The van der Waals surface area contributed by atoms with Gasteiger partial charge < -0.3 is 15.4 Å². The molecule has 2 N–H and O–H groups in total. The van der Waals surface area contributed by atoms with E-state index in [9.17, 15) is 4.79 Å². The summed E-state index contributed by atoms with van der Waals surface area (Å²) in [6.07, 6.45) is 1.03. The molecule has 1 saturated heterocycles. The van der Waals surface area contributed by atoms with Gasteiger partial charge in [-0.1, -0.05) is 0 Å². The van der Waals surface area contributed by atoms with Crippen molar-refractivity contribution in [2.45, 2.75) is 19.9 Å². The Morgan fingerprint density at radius 1 is 1.65 bits per heavy atom. The van der Waals surface area contributed by atoms with Crippen LogP contribution in [0.25, 0.3) is 0 Å². The van der Waals surface area contributed by atoms with Crippen LogP contribution in [-0.4, -0.2) is 30.8 Å². The second-order valence-electron chi connectivity index (χ2n) is 4.15. The maximum Gasteiger partial charge on any atom is 0.315 e. The average molecular weight is 255 g/mol. The summed E-state index contributed by atoms with van der Waals surface area (Å²) in [5, 5.41) is 8.61. The van der Waals surface area contributed by atoms with Gasteiger partial charge in [-0.05, 0) is 13.3 Å². The van der Waals surface area contributed by atoms with E-state index in [-0.39, 0.29) is 6.03 Å². The van der Waals surface area contributed by atoms with E-state index in [2.05, 4.69) is 15.6 Å². The van der Waals surface area contributed by atoms with Crippen molar-refractivity contribution in [3.8, 4) is 0 Å². The average Bonchev–Trinajstić information content (AvgIpc) is 2.95. The molecular formula is C11H17N3O2S. The van der Waals surface area contributed by atoms with Crippen LogP contribution in [0, 0.1) is 12.8 Å². The monoisotopic (exact) mass is 255 g/mol. The summed E-state index contributed by atoms with van der Waals surface area (Å²) in [6.45, 7) is 4.69. The van der Waals surface area contributed by atoms with Crippen molar-refractivity contribution in [1.82, 2.24) is 15.6 Å². The van der Waals surface area contributed by atoms with Crippen LogP contribution in [-0.2, 0) is 11.3 Å². The first-order chi connectivity index (χ1) is 8.24. The van der Waals surface area contributed by atoms with Crippen molar-refractivity contribution < 1.29 is 9.53 Å². The molecule has 0 bridgehead atoms. The highest BCUT2D eigenvalue weighted by Gasteiger charge is 2.16. The minimum absolute atomic E-state index is 0.137. The topological polar surface area (TPSA) is 63.2 Å². The molecule has 1 atom stereocenters. The van der Waals surface area contributed by atoms with Gasteiger partial charge in [0, 0.05) is 24.4 Å². The molecular weight excluding hydrogens is 238 g/mol. The Labute approximate surface area is 105 Å². The van der Waals surface area contributed by atoms with E-state index < -0.39 is 0 Å². The highest BCUT2D eigenvalue weighted by atomic mass is 32.1. The van der Waals surface area contributed by atoms with Gasteiger partial charge in [0.05, 0.1) is 23.9 Å². The molecule has 1 fully saturated rings. The highest BCUT2D eigenvalue weighted by molar-refractivity contribution is 7.09. The van der Waals surface area contributed by atoms with Gasteiger partial charge in [-0.2, -0.15) is 0 Å². The van der Waals surface area contributed by atoms with Crippen LogP contribution in [0.4, 0.5) is 4.79 Å². The zero-order valence-electron chi connectivity index (χ0n) is 9.86. The number of urea groups is 1. The van der Waals surface area contributed by atoms with Gasteiger partial charge in [0.2, 0.25) is 0 Å². The van der Waals surface area contributed by atoms with E-state index in [4.69, 9.17) is 4.74 Å². The Balaban J connectivity index is 1.63. The maximum absolute atomic E-state index is 11.5. The zero-order valence-corrected chi connectivity index (χ0v) is 10.7. The first-order valence-corrected chi connectivity index (χ1v) is 6.62. The van der Waals surface area contributed by atoms with Crippen molar-refractivity contribution in [2.24, 2.45) is 5.92 Å². The molecule has 94 valence electrons. The van der Waals surface area contributed by atoms with E-state index >= 15 is 0 Å². The Morgan fingerprint density at radius 2 is 2.53 bits per heavy atom. The van der Waals surface area contributed by atoms with Crippen LogP contribution in [0.15, 0.2) is 5.38 Å². The van der Waals surface area contributed by atoms with Gasteiger partial charge in [-0.15, -0.1) is 11.3 Å². The molecule has 1 aliphatic rings. The lowest BCUT2D eigenvalue weighted by Gasteiger charge is -2.09. The van der Waals surface area contributed by atoms with Crippen LogP contribution in [0.5, 0.6) is 0 Å². The summed E-state index contributed by atoms with van der Waals surface area (Å²) >= 11 is 1.59. The van der Waals surface area contributed by atoms with Crippen molar-refractivity contribution >= 4 is 17.4 Å². The Hall–Kier alpha value is -1.14. The summed E-state index contributed by atoms with van der Waals surface area (Å²) in [5.74, 6) is 0.460. The molecule has 1 aliphatic heterocycles. The number of carbonyl (C=O) groups is 1. The van der Waals surface area contributed by atoms with Crippen LogP contribution < -0.4 is 10.6 Å². The molecule has 2 heterocycles. The van der Waals surface area contributed by atoms with E-state index in [1.165, 1.54) is 0 Å². The minimum Gasteiger partial charge on any atom is -0.381 e. The number of aromatic nitrogens is 1. The van der Waals surface area contributed by atoms with E-state index in [0.717, 1.165) is 30.3 Å². The molecule has 0 spiro atoms. The molecule has 0 aromatic carbocycles. The van der Waals surface area contributed by atoms with Crippen molar-refractivity contribution in [2.75, 3.05) is 19.8 Å². The van der Waals surface area contributed by atoms with Crippen LogP contribution in [0.1, 0.15) is 17.1 Å². The molecule has 2 amide bonds. The van der Waals surface area contributed by atoms with Gasteiger partial charge in [-0.3, -0.25) is 0 Å². The Bertz CT molecular complexity index is 375. The smallest absolute Gasteiger partial charge is 0.315 e. The van der Waals surface area contributed by atoms with Crippen molar-refractivity contribution in [3.63, 3.8) is 0 Å². The van der Waals surface area contributed by atoms with Gasteiger partial charge in [-0.25, -0.2) is 9.78 Å². The summed E-state index contributed by atoms with van der Waals surface area (Å²) in [5.41, 5.74) is 0.909. The number of amides is 2. The van der Waals surface area contributed by atoms with Gasteiger partial charge in [0.25, 0.3) is 0 Å². The lowest BCUT2D eigenvalue weighted by molar-refractivity contribution is 0.185. The number of aryl methyl sites for hydroxylation is 1. The molecule has 17 heavy (non-hydrogen) atoms. The van der Waals surface area contributed by atoms with Crippen molar-refractivity contribution in [1.29, 1.82) is 0 Å². The second-order valence-corrected chi connectivity index (χ2v) is 5.21. The SMILES string of the molecule is Cc1nc(CNC(=O)NC[C@H]2CCOC2)cs1. The van der Waals surface area contributed by atoms with Crippen LogP contribution in [0.2, 0.25) is 0 Å². The molecule has 6 heteroatoms. The summed E-state index contributed by atoms with van der Waals surface area (Å²) in [7, 11) is 0. The standard InChI is InChI=1S/C11H17N3O2S/c1-8-14-10(7-17-8)5-13-11(15)12-4-9-2-3-16-6-9/h7,9H,2-6H2,1H3,(H2,12,13,15)/t9-/m1/s1. The second kappa shape index (κ2) is 5.97. The fourth-order valence-corrected chi connectivity index (χ4v) is 2.32. The van der Waals surface area contributed by atoms with Gasteiger partial charge >= 0.3 is 6.03 Å². The predicted molar refractivity (Wildman–Crippen MR) is 66.0 cm³/mol. The summed E-state index contributed by atoms with van der Waals surface area (Å²) in [4.78, 5) is 15.8. The number of thiazole rings is 1. The van der Waals surface area contributed by atoms with Crippen molar-refractivity contribution in [3.05, 3.63) is 16.1 Å². The number of hydrogen-bond donors (Lipinski definition) is 2. The van der Waals surface area contributed by atoms with Gasteiger partial charge in [0.1, 0.15) is 0 Å². The molecule has 0 unspecified atom stereocenters. The normalized spacial score (nSPS) is 19.2. The number of hydrogen-bond acceptors (Lipinski definition) is 4. The third-order valence-corrected chi connectivity index (χ3v) is 3.49. The first kappa shape index (κ1) is 12.3. The number of carbonyl (C=O) groups excluding carboxylic acids is 1.